The average molecular weight is 202 g/mol. The van der Waals surface area contributed by atoms with Crippen molar-refractivity contribution >= 4 is 17.4 Å². The second-order valence-electron chi connectivity index (χ2n) is 3.48. The molecule has 0 aromatic carbocycles. The molecule has 0 aromatic heterocycles. The summed E-state index contributed by atoms with van der Waals surface area (Å²) in [6.45, 7) is 2.92. The zero-order valence-corrected chi connectivity index (χ0v) is 8.31. The number of nitrogens with zero attached hydrogens (tertiary/aromatic N) is 1. The Morgan fingerprint density at radius 3 is 2.54 bits per heavy atom. The van der Waals surface area contributed by atoms with Gasteiger partial charge in [-0.3, -0.25) is 0 Å². The Morgan fingerprint density at radius 2 is 2.00 bits per heavy atom. The molecule has 74 valence electrons. The van der Waals surface area contributed by atoms with Crippen molar-refractivity contribution in [3.63, 3.8) is 0 Å². The van der Waals surface area contributed by atoms with Crippen LogP contribution in [-0.4, -0.2) is 42.1 Å². The molecule has 0 radical (unpaired) electrons. The van der Waals surface area contributed by atoms with Crippen LogP contribution in [0.15, 0.2) is 0 Å². The predicted molar refractivity (Wildman–Crippen MR) is 52.2 cm³/mol. The Labute approximate surface area is 83.0 Å². The minimum absolute atomic E-state index is 0.328. The second kappa shape index (κ2) is 3.40. The normalized spacial score (nSPS) is 27.5. The summed E-state index contributed by atoms with van der Waals surface area (Å²) in [5, 5.41) is 0.546. The molecule has 0 aliphatic carbocycles. The monoisotopic (exact) mass is 202 g/mol. The molecule has 2 aliphatic rings. The minimum Gasteiger partial charge on any atom is -0.469 e. The van der Waals surface area contributed by atoms with E-state index in [4.69, 9.17) is 27.4 Å². The van der Waals surface area contributed by atoms with Gasteiger partial charge < -0.3 is 20.1 Å². The van der Waals surface area contributed by atoms with Crippen molar-refractivity contribution in [2.24, 2.45) is 5.73 Å². The maximum absolute atomic E-state index is 6.23. The predicted octanol–water partition coefficient (Wildman–Crippen LogP) is 0.0689. The van der Waals surface area contributed by atoms with E-state index in [2.05, 4.69) is 0 Å². The summed E-state index contributed by atoms with van der Waals surface area (Å²) in [4.78, 5) is 1.99. The van der Waals surface area contributed by atoms with E-state index >= 15 is 0 Å². The zero-order chi connectivity index (χ0) is 9.31. The van der Waals surface area contributed by atoms with E-state index in [0.717, 1.165) is 32.6 Å². The van der Waals surface area contributed by atoms with E-state index in [0.29, 0.717) is 11.8 Å². The Bertz CT molecular complexity index is 216. The molecule has 0 aromatic rings. The second-order valence-corrected chi connectivity index (χ2v) is 3.83. The van der Waals surface area contributed by atoms with E-state index in [9.17, 15) is 0 Å². The van der Waals surface area contributed by atoms with Crippen molar-refractivity contribution in [2.75, 3.05) is 26.4 Å². The largest absolute Gasteiger partial charge is 0.469 e. The van der Waals surface area contributed by atoms with Gasteiger partial charge in [0.15, 0.2) is 0 Å². The first-order chi connectivity index (χ1) is 6.22. The highest BCUT2D eigenvalue weighted by atomic mass is 32.1. The molecule has 2 aliphatic heterocycles. The van der Waals surface area contributed by atoms with Crippen LogP contribution >= 0.6 is 12.2 Å². The highest BCUT2D eigenvalue weighted by Crippen LogP contribution is 2.25. The number of ether oxygens (including phenoxy) is 2. The molecule has 0 atom stereocenters. The third kappa shape index (κ3) is 1.63. The Balaban J connectivity index is 2.07. The van der Waals surface area contributed by atoms with Gasteiger partial charge >= 0.3 is 0 Å². The maximum atomic E-state index is 6.23. The first-order valence-electron chi connectivity index (χ1n) is 4.53. The summed E-state index contributed by atoms with van der Waals surface area (Å²) in [6, 6.07) is 0. The lowest BCUT2D eigenvalue weighted by atomic mass is 10.00. The van der Waals surface area contributed by atoms with E-state index in [-0.39, 0.29) is 5.66 Å². The summed E-state index contributed by atoms with van der Waals surface area (Å²) < 4.78 is 10.5. The topological polar surface area (TPSA) is 47.7 Å². The molecule has 5 heteroatoms. The van der Waals surface area contributed by atoms with Gasteiger partial charge in [0.25, 0.3) is 5.17 Å². The molecule has 0 bridgehead atoms. The lowest BCUT2D eigenvalue weighted by Gasteiger charge is -2.40. The number of hydrogen-bond acceptors (Lipinski definition) is 4. The number of thiocarbonyl (C=S) groups is 1. The van der Waals surface area contributed by atoms with E-state index in [1.165, 1.54) is 0 Å². The summed E-state index contributed by atoms with van der Waals surface area (Å²) in [7, 11) is 0. The van der Waals surface area contributed by atoms with Gasteiger partial charge in [-0.05, 0) is 12.2 Å². The van der Waals surface area contributed by atoms with Crippen molar-refractivity contribution in [3.8, 4) is 0 Å². The zero-order valence-electron chi connectivity index (χ0n) is 7.49. The molecule has 0 amide bonds. The molecular weight excluding hydrogens is 188 g/mol. The SMILES string of the molecule is NC1(N2CCOC2=S)CCOCC1. The van der Waals surface area contributed by atoms with Crippen molar-refractivity contribution in [2.45, 2.75) is 18.5 Å². The van der Waals surface area contributed by atoms with Crippen LogP contribution in [0, 0.1) is 0 Å². The molecule has 2 rings (SSSR count). The Hall–Kier alpha value is -0.390. The first-order valence-corrected chi connectivity index (χ1v) is 4.94. The quantitative estimate of drug-likeness (QED) is 0.610. The standard InChI is InChI=1S/C8H14N2O2S/c9-8(1-4-11-5-2-8)10-3-6-12-7(10)13/h1-6,9H2. The lowest BCUT2D eigenvalue weighted by Crippen LogP contribution is -2.59. The van der Waals surface area contributed by atoms with Crippen LogP contribution in [0.1, 0.15) is 12.8 Å². The van der Waals surface area contributed by atoms with Gasteiger partial charge in [0, 0.05) is 12.8 Å². The van der Waals surface area contributed by atoms with Crippen LogP contribution in [0.2, 0.25) is 0 Å². The molecule has 2 heterocycles. The van der Waals surface area contributed by atoms with Crippen LogP contribution in [0.25, 0.3) is 0 Å². The third-order valence-electron chi connectivity index (χ3n) is 2.66. The maximum Gasteiger partial charge on any atom is 0.260 e. The molecular formula is C8H14N2O2S. The number of hydrogen-bond donors (Lipinski definition) is 1. The molecule has 0 saturated carbocycles. The molecule has 2 N–H and O–H groups in total. The van der Waals surface area contributed by atoms with Crippen LogP contribution in [0.3, 0.4) is 0 Å². The lowest BCUT2D eigenvalue weighted by molar-refractivity contribution is 0.00734. The molecule has 13 heavy (non-hydrogen) atoms. The highest BCUT2D eigenvalue weighted by Gasteiger charge is 2.38. The average Bonchev–Trinajstić information content (AvgIpc) is 2.53. The highest BCUT2D eigenvalue weighted by molar-refractivity contribution is 7.80. The summed E-state index contributed by atoms with van der Waals surface area (Å²) in [5.74, 6) is 0. The van der Waals surface area contributed by atoms with Gasteiger partial charge in [0.1, 0.15) is 6.61 Å². The van der Waals surface area contributed by atoms with Crippen molar-refractivity contribution in [1.29, 1.82) is 0 Å². The van der Waals surface area contributed by atoms with Crippen LogP contribution < -0.4 is 5.73 Å². The van der Waals surface area contributed by atoms with Crippen molar-refractivity contribution < 1.29 is 9.47 Å². The molecule has 2 fully saturated rings. The minimum atomic E-state index is -0.328. The van der Waals surface area contributed by atoms with E-state index < -0.39 is 0 Å². The van der Waals surface area contributed by atoms with Crippen LogP contribution in [0.4, 0.5) is 0 Å². The molecule has 0 unspecified atom stereocenters. The summed E-state index contributed by atoms with van der Waals surface area (Å²) in [5.41, 5.74) is 5.91. The van der Waals surface area contributed by atoms with E-state index in [1.807, 2.05) is 4.90 Å². The third-order valence-corrected chi connectivity index (χ3v) is 3.00. The number of rotatable bonds is 1. The van der Waals surface area contributed by atoms with Gasteiger partial charge in [-0.25, -0.2) is 0 Å². The summed E-state index contributed by atoms with van der Waals surface area (Å²) >= 11 is 5.08. The molecule has 0 spiro atoms. The fraction of sp³-hybridized carbons (Fsp3) is 0.875. The van der Waals surface area contributed by atoms with Gasteiger partial charge in [0.05, 0.1) is 25.4 Å². The molecule has 2 saturated heterocycles. The van der Waals surface area contributed by atoms with E-state index in [1.54, 1.807) is 0 Å². The Kier molecular flexibility index (Phi) is 2.40. The van der Waals surface area contributed by atoms with Crippen molar-refractivity contribution in [1.82, 2.24) is 4.90 Å². The van der Waals surface area contributed by atoms with Crippen LogP contribution in [0.5, 0.6) is 0 Å². The molecule has 4 nitrogen and oxygen atoms in total. The fourth-order valence-corrected chi connectivity index (χ4v) is 2.15. The first kappa shape index (κ1) is 9.18. The fourth-order valence-electron chi connectivity index (χ4n) is 1.79. The Morgan fingerprint density at radius 1 is 1.31 bits per heavy atom. The van der Waals surface area contributed by atoms with Crippen molar-refractivity contribution in [3.05, 3.63) is 0 Å². The van der Waals surface area contributed by atoms with Crippen LogP contribution in [-0.2, 0) is 9.47 Å². The smallest absolute Gasteiger partial charge is 0.260 e. The van der Waals surface area contributed by atoms with Gasteiger partial charge in [-0.2, -0.15) is 0 Å². The van der Waals surface area contributed by atoms with Gasteiger partial charge in [-0.1, -0.05) is 0 Å². The van der Waals surface area contributed by atoms with Gasteiger partial charge in [0.2, 0.25) is 0 Å². The van der Waals surface area contributed by atoms with Gasteiger partial charge in [-0.15, -0.1) is 0 Å². The summed E-state index contributed by atoms with van der Waals surface area (Å²) in [6.07, 6.45) is 1.66. The number of nitrogens with two attached hydrogens (primary N) is 1.